The summed E-state index contributed by atoms with van der Waals surface area (Å²) in [4.78, 5) is 16.7. The number of halogens is 1. The molecule has 2 N–H and O–H groups in total. The average molecular weight is 312 g/mol. The van der Waals surface area contributed by atoms with Gasteiger partial charge in [-0.05, 0) is 38.9 Å². The minimum absolute atomic E-state index is 0. The Morgan fingerprint density at radius 1 is 1.14 bits per heavy atom. The van der Waals surface area contributed by atoms with E-state index in [-0.39, 0.29) is 23.9 Å². The molecule has 1 aromatic rings. The van der Waals surface area contributed by atoms with Gasteiger partial charge in [0.1, 0.15) is 0 Å². The van der Waals surface area contributed by atoms with Crippen molar-refractivity contribution in [2.75, 3.05) is 32.7 Å². The molecule has 0 bridgehead atoms. The van der Waals surface area contributed by atoms with Gasteiger partial charge >= 0.3 is 0 Å². The number of rotatable bonds is 3. The predicted molar refractivity (Wildman–Crippen MR) is 88.9 cm³/mol. The Balaban J connectivity index is 0.00000220. The van der Waals surface area contributed by atoms with Crippen molar-refractivity contribution >= 4 is 18.3 Å². The first-order valence-corrected chi connectivity index (χ1v) is 7.31. The van der Waals surface area contributed by atoms with Crippen molar-refractivity contribution in [2.45, 2.75) is 25.8 Å². The van der Waals surface area contributed by atoms with Crippen molar-refractivity contribution in [3.63, 3.8) is 0 Å². The molecule has 1 heterocycles. The van der Waals surface area contributed by atoms with Crippen molar-refractivity contribution in [3.8, 4) is 0 Å². The molecular weight excluding hydrogens is 286 g/mol. The van der Waals surface area contributed by atoms with Crippen LogP contribution in [0, 0.1) is 0 Å². The van der Waals surface area contributed by atoms with Crippen molar-refractivity contribution in [1.29, 1.82) is 0 Å². The minimum Gasteiger partial charge on any atom is -0.337 e. The van der Waals surface area contributed by atoms with Crippen LogP contribution in [-0.2, 0) is 0 Å². The molecule has 0 atom stereocenters. The molecule has 1 saturated heterocycles. The highest BCUT2D eigenvalue weighted by molar-refractivity contribution is 5.94. The first kappa shape index (κ1) is 18.0. The van der Waals surface area contributed by atoms with Gasteiger partial charge < -0.3 is 10.6 Å². The van der Waals surface area contributed by atoms with Gasteiger partial charge in [0, 0.05) is 37.3 Å². The average Bonchev–Trinajstić information content (AvgIpc) is 2.63. The van der Waals surface area contributed by atoms with Crippen LogP contribution in [0.4, 0.5) is 0 Å². The van der Waals surface area contributed by atoms with Crippen LogP contribution in [0.5, 0.6) is 0 Å². The number of carbonyl (C=O) groups is 1. The SMILES string of the molecule is CC(C)(N)CN1CCCN(C(=O)c2ccccc2)CC1.Cl. The molecule has 5 heteroatoms. The van der Waals surface area contributed by atoms with Crippen molar-refractivity contribution in [1.82, 2.24) is 9.80 Å². The number of nitrogens with two attached hydrogens (primary N) is 1. The van der Waals surface area contributed by atoms with E-state index in [1.54, 1.807) is 0 Å². The molecule has 0 aromatic heterocycles. The molecule has 0 spiro atoms. The molecule has 2 rings (SSSR count). The molecule has 0 saturated carbocycles. The highest BCUT2D eigenvalue weighted by Crippen LogP contribution is 2.11. The van der Waals surface area contributed by atoms with Crippen LogP contribution in [0.3, 0.4) is 0 Å². The Hall–Kier alpha value is -1.10. The molecule has 1 fully saturated rings. The zero-order valence-corrected chi connectivity index (χ0v) is 13.7. The van der Waals surface area contributed by atoms with Gasteiger partial charge in [0.25, 0.3) is 5.91 Å². The summed E-state index contributed by atoms with van der Waals surface area (Å²) in [5.74, 6) is 0.138. The van der Waals surface area contributed by atoms with Crippen LogP contribution in [0.15, 0.2) is 30.3 Å². The fourth-order valence-corrected chi connectivity index (χ4v) is 2.67. The predicted octanol–water partition coefficient (Wildman–Crippen LogP) is 1.99. The van der Waals surface area contributed by atoms with Crippen molar-refractivity contribution in [3.05, 3.63) is 35.9 Å². The van der Waals surface area contributed by atoms with Gasteiger partial charge in [0.05, 0.1) is 0 Å². The van der Waals surface area contributed by atoms with Gasteiger partial charge in [-0.2, -0.15) is 0 Å². The lowest BCUT2D eigenvalue weighted by atomic mass is 10.1. The zero-order valence-electron chi connectivity index (χ0n) is 12.9. The van der Waals surface area contributed by atoms with E-state index < -0.39 is 0 Å². The van der Waals surface area contributed by atoms with Crippen LogP contribution >= 0.6 is 12.4 Å². The third kappa shape index (κ3) is 5.65. The van der Waals surface area contributed by atoms with E-state index in [0.717, 1.165) is 44.7 Å². The van der Waals surface area contributed by atoms with E-state index in [1.807, 2.05) is 49.1 Å². The molecule has 1 amide bonds. The molecule has 1 aliphatic heterocycles. The lowest BCUT2D eigenvalue weighted by Crippen LogP contribution is -2.46. The molecule has 4 nitrogen and oxygen atoms in total. The quantitative estimate of drug-likeness (QED) is 0.929. The first-order chi connectivity index (χ1) is 9.46. The van der Waals surface area contributed by atoms with Crippen LogP contribution in [0.2, 0.25) is 0 Å². The third-order valence-corrected chi connectivity index (χ3v) is 3.53. The second-order valence-corrected chi connectivity index (χ2v) is 6.28. The Labute approximate surface area is 133 Å². The minimum atomic E-state index is -0.182. The largest absolute Gasteiger partial charge is 0.337 e. The zero-order chi connectivity index (χ0) is 14.6. The van der Waals surface area contributed by atoms with E-state index >= 15 is 0 Å². The van der Waals surface area contributed by atoms with Gasteiger partial charge in [0.2, 0.25) is 0 Å². The van der Waals surface area contributed by atoms with E-state index in [4.69, 9.17) is 5.73 Å². The highest BCUT2D eigenvalue weighted by atomic mass is 35.5. The molecule has 1 aliphatic rings. The second-order valence-electron chi connectivity index (χ2n) is 6.28. The third-order valence-electron chi connectivity index (χ3n) is 3.53. The number of amides is 1. The van der Waals surface area contributed by atoms with Crippen LogP contribution < -0.4 is 5.73 Å². The summed E-state index contributed by atoms with van der Waals surface area (Å²) >= 11 is 0. The summed E-state index contributed by atoms with van der Waals surface area (Å²) in [7, 11) is 0. The maximum atomic E-state index is 12.4. The van der Waals surface area contributed by atoms with E-state index in [2.05, 4.69) is 4.90 Å². The maximum absolute atomic E-state index is 12.4. The number of carbonyl (C=O) groups excluding carboxylic acids is 1. The summed E-state index contributed by atoms with van der Waals surface area (Å²) in [6.07, 6.45) is 1.01. The van der Waals surface area contributed by atoms with Crippen molar-refractivity contribution < 1.29 is 4.79 Å². The highest BCUT2D eigenvalue weighted by Gasteiger charge is 2.22. The van der Waals surface area contributed by atoms with Gasteiger partial charge in [-0.3, -0.25) is 9.69 Å². The van der Waals surface area contributed by atoms with Gasteiger partial charge in [-0.25, -0.2) is 0 Å². The Bertz CT molecular complexity index is 445. The Morgan fingerprint density at radius 3 is 2.43 bits per heavy atom. The maximum Gasteiger partial charge on any atom is 0.253 e. The number of nitrogens with zero attached hydrogens (tertiary/aromatic N) is 2. The summed E-state index contributed by atoms with van der Waals surface area (Å²) in [5.41, 5.74) is 6.68. The molecule has 0 unspecified atom stereocenters. The van der Waals surface area contributed by atoms with Crippen molar-refractivity contribution in [2.24, 2.45) is 5.73 Å². The number of hydrogen-bond donors (Lipinski definition) is 1. The molecular formula is C16H26ClN3O. The summed E-state index contributed by atoms with van der Waals surface area (Å²) < 4.78 is 0. The van der Waals surface area contributed by atoms with Crippen LogP contribution in [0.1, 0.15) is 30.6 Å². The Morgan fingerprint density at radius 2 is 1.81 bits per heavy atom. The van der Waals surface area contributed by atoms with Gasteiger partial charge in [-0.15, -0.1) is 12.4 Å². The number of benzene rings is 1. The van der Waals surface area contributed by atoms with E-state index in [0.29, 0.717) is 0 Å². The standard InChI is InChI=1S/C16H25N3O.ClH/c1-16(2,17)13-18-9-6-10-19(12-11-18)15(20)14-7-4-3-5-8-14;/h3-5,7-8H,6,9-13,17H2,1-2H3;1H. The molecule has 118 valence electrons. The van der Waals surface area contributed by atoms with Gasteiger partial charge in [0.15, 0.2) is 0 Å². The molecule has 0 radical (unpaired) electrons. The lowest BCUT2D eigenvalue weighted by Gasteiger charge is -2.28. The van der Waals surface area contributed by atoms with Crippen LogP contribution in [0.25, 0.3) is 0 Å². The molecule has 1 aromatic carbocycles. The molecule has 21 heavy (non-hydrogen) atoms. The molecule has 0 aliphatic carbocycles. The fourth-order valence-electron chi connectivity index (χ4n) is 2.67. The monoisotopic (exact) mass is 311 g/mol. The second kappa shape index (κ2) is 7.78. The number of hydrogen-bond acceptors (Lipinski definition) is 3. The van der Waals surface area contributed by atoms with Crippen LogP contribution in [-0.4, -0.2) is 54.0 Å². The van der Waals surface area contributed by atoms with E-state index in [9.17, 15) is 4.79 Å². The smallest absolute Gasteiger partial charge is 0.253 e. The topological polar surface area (TPSA) is 49.6 Å². The van der Waals surface area contributed by atoms with E-state index in [1.165, 1.54) is 0 Å². The first-order valence-electron chi connectivity index (χ1n) is 7.31. The summed E-state index contributed by atoms with van der Waals surface area (Å²) in [6.45, 7) is 8.49. The summed E-state index contributed by atoms with van der Waals surface area (Å²) in [6, 6.07) is 9.52. The summed E-state index contributed by atoms with van der Waals surface area (Å²) in [5, 5.41) is 0. The normalized spacial score (nSPS) is 17.0. The lowest BCUT2D eigenvalue weighted by molar-refractivity contribution is 0.0760. The Kier molecular flexibility index (Phi) is 6.65. The fraction of sp³-hybridized carbons (Fsp3) is 0.562. The van der Waals surface area contributed by atoms with Gasteiger partial charge in [-0.1, -0.05) is 18.2 Å².